The Bertz CT molecular complexity index is 1330. The molecule has 4 aromatic rings. The maximum atomic E-state index is 12.6. The van der Waals surface area contributed by atoms with E-state index in [0.717, 1.165) is 29.3 Å². The molecule has 0 saturated carbocycles. The highest BCUT2D eigenvalue weighted by Crippen LogP contribution is 2.29. The van der Waals surface area contributed by atoms with Crippen LogP contribution in [0, 0.1) is 27.2 Å². The van der Waals surface area contributed by atoms with E-state index in [2.05, 4.69) is 10.3 Å². The number of nitrogens with zero attached hydrogens (tertiary/aromatic N) is 3. The van der Waals surface area contributed by atoms with Crippen LogP contribution in [0.2, 0.25) is 0 Å². The predicted molar refractivity (Wildman–Crippen MR) is 112 cm³/mol. The van der Waals surface area contributed by atoms with E-state index in [4.69, 9.17) is 4.42 Å². The topological polar surface area (TPSA) is 141 Å². The average molecular weight is 418 g/mol. The van der Waals surface area contributed by atoms with Crippen molar-refractivity contribution in [3.63, 3.8) is 0 Å². The third-order valence-corrected chi connectivity index (χ3v) is 4.61. The van der Waals surface area contributed by atoms with Crippen molar-refractivity contribution in [2.24, 2.45) is 0 Å². The number of aromatic nitrogens is 1. The van der Waals surface area contributed by atoms with Crippen molar-refractivity contribution in [1.29, 1.82) is 0 Å². The highest BCUT2D eigenvalue weighted by Gasteiger charge is 2.20. The molecule has 4 rings (SSSR count). The van der Waals surface area contributed by atoms with E-state index in [9.17, 15) is 25.0 Å². The smallest absolute Gasteiger partial charge is 0.277 e. The molecule has 0 aliphatic rings. The van der Waals surface area contributed by atoms with Gasteiger partial charge in [-0.1, -0.05) is 18.2 Å². The van der Waals surface area contributed by atoms with Gasteiger partial charge in [-0.25, -0.2) is 4.98 Å². The summed E-state index contributed by atoms with van der Waals surface area (Å²) < 4.78 is 5.79. The van der Waals surface area contributed by atoms with Gasteiger partial charge in [-0.15, -0.1) is 0 Å². The van der Waals surface area contributed by atoms with Gasteiger partial charge in [-0.3, -0.25) is 25.0 Å². The van der Waals surface area contributed by atoms with Crippen LogP contribution in [0.5, 0.6) is 0 Å². The molecule has 0 spiro atoms. The van der Waals surface area contributed by atoms with E-state index in [0.29, 0.717) is 22.7 Å². The Balaban J connectivity index is 1.64. The molecule has 0 bridgehead atoms. The number of nitrogens with one attached hydrogen (secondary N) is 1. The first-order chi connectivity index (χ1) is 14.8. The number of carbonyl (C=O) groups is 1. The zero-order valence-electron chi connectivity index (χ0n) is 16.1. The van der Waals surface area contributed by atoms with Gasteiger partial charge >= 0.3 is 0 Å². The van der Waals surface area contributed by atoms with Gasteiger partial charge in [0.15, 0.2) is 5.58 Å². The van der Waals surface area contributed by atoms with Gasteiger partial charge < -0.3 is 9.73 Å². The molecule has 154 valence electrons. The monoisotopic (exact) mass is 418 g/mol. The molecule has 1 N–H and O–H groups in total. The van der Waals surface area contributed by atoms with Gasteiger partial charge in [-0.2, -0.15) is 0 Å². The van der Waals surface area contributed by atoms with E-state index < -0.39 is 27.1 Å². The Kier molecular flexibility index (Phi) is 4.88. The van der Waals surface area contributed by atoms with Gasteiger partial charge in [0.1, 0.15) is 5.52 Å². The summed E-state index contributed by atoms with van der Waals surface area (Å²) in [5.41, 5.74) is 1.91. The van der Waals surface area contributed by atoms with Crippen molar-refractivity contribution in [1.82, 2.24) is 4.98 Å². The molecule has 3 aromatic carbocycles. The van der Waals surface area contributed by atoms with Crippen LogP contribution in [0.3, 0.4) is 0 Å². The first kappa shape index (κ1) is 19.7. The number of nitro benzene ring substituents is 2. The lowest BCUT2D eigenvalue weighted by Crippen LogP contribution is -2.12. The molecule has 1 aromatic heterocycles. The highest BCUT2D eigenvalue weighted by atomic mass is 16.6. The number of amides is 1. The summed E-state index contributed by atoms with van der Waals surface area (Å²) in [5, 5.41) is 24.6. The van der Waals surface area contributed by atoms with Crippen LogP contribution in [0.1, 0.15) is 15.9 Å². The van der Waals surface area contributed by atoms with E-state index in [-0.39, 0.29) is 5.56 Å². The Morgan fingerprint density at radius 3 is 2.29 bits per heavy atom. The molecule has 10 nitrogen and oxygen atoms in total. The zero-order chi connectivity index (χ0) is 22.1. The highest BCUT2D eigenvalue weighted by molar-refractivity contribution is 6.05. The average Bonchev–Trinajstić information content (AvgIpc) is 3.16. The summed E-state index contributed by atoms with van der Waals surface area (Å²) in [7, 11) is 0. The summed E-state index contributed by atoms with van der Waals surface area (Å²) in [6.07, 6.45) is 0. The molecule has 0 aliphatic heterocycles. The molecular weight excluding hydrogens is 404 g/mol. The van der Waals surface area contributed by atoms with Gasteiger partial charge in [0.25, 0.3) is 17.3 Å². The molecule has 0 fully saturated rings. The SMILES string of the molecule is Cc1ccccc1-c1nc2cc(NC(=O)c3cc([N+](=O)[O-])cc([N+](=O)[O-])c3)ccc2o1. The second-order valence-electron chi connectivity index (χ2n) is 6.72. The van der Waals surface area contributed by atoms with E-state index in [1.54, 1.807) is 18.2 Å². The van der Waals surface area contributed by atoms with Crippen molar-refractivity contribution in [2.75, 3.05) is 5.32 Å². The molecule has 0 atom stereocenters. The fourth-order valence-electron chi connectivity index (χ4n) is 3.07. The molecule has 1 amide bonds. The number of nitro groups is 2. The number of benzene rings is 3. The van der Waals surface area contributed by atoms with Crippen molar-refractivity contribution in [3.8, 4) is 11.5 Å². The third-order valence-electron chi connectivity index (χ3n) is 4.61. The normalized spacial score (nSPS) is 10.7. The second-order valence-corrected chi connectivity index (χ2v) is 6.72. The molecule has 0 radical (unpaired) electrons. The quantitative estimate of drug-likeness (QED) is 0.360. The number of carbonyl (C=O) groups excluding carboxylic acids is 1. The van der Waals surface area contributed by atoms with Crippen molar-refractivity contribution in [3.05, 3.63) is 92.0 Å². The number of hydrogen-bond donors (Lipinski definition) is 1. The summed E-state index contributed by atoms with van der Waals surface area (Å²) in [6, 6.07) is 15.2. The zero-order valence-corrected chi connectivity index (χ0v) is 16.1. The van der Waals surface area contributed by atoms with E-state index in [1.165, 1.54) is 0 Å². The third kappa shape index (κ3) is 3.94. The summed E-state index contributed by atoms with van der Waals surface area (Å²) in [5.74, 6) is -0.292. The van der Waals surface area contributed by atoms with Crippen LogP contribution in [0.15, 0.2) is 65.1 Å². The van der Waals surface area contributed by atoms with E-state index in [1.807, 2.05) is 31.2 Å². The van der Waals surface area contributed by atoms with Crippen LogP contribution in [-0.2, 0) is 0 Å². The van der Waals surface area contributed by atoms with Crippen LogP contribution in [0.25, 0.3) is 22.6 Å². The number of aryl methyl sites for hydroxylation is 1. The lowest BCUT2D eigenvalue weighted by Gasteiger charge is -2.05. The Morgan fingerprint density at radius 2 is 1.65 bits per heavy atom. The number of anilines is 1. The number of oxazole rings is 1. The molecule has 0 unspecified atom stereocenters. The van der Waals surface area contributed by atoms with Crippen LogP contribution in [0.4, 0.5) is 17.1 Å². The predicted octanol–water partition coefficient (Wildman–Crippen LogP) is 4.87. The molecule has 10 heteroatoms. The lowest BCUT2D eigenvalue weighted by molar-refractivity contribution is -0.394. The Labute approximate surface area is 174 Å². The molecule has 31 heavy (non-hydrogen) atoms. The maximum absolute atomic E-state index is 12.6. The fraction of sp³-hybridized carbons (Fsp3) is 0.0476. The maximum Gasteiger partial charge on any atom is 0.277 e. The summed E-state index contributed by atoms with van der Waals surface area (Å²) in [6.45, 7) is 1.94. The first-order valence-electron chi connectivity index (χ1n) is 9.03. The first-order valence-corrected chi connectivity index (χ1v) is 9.03. The Hall–Kier alpha value is -4.60. The van der Waals surface area contributed by atoms with Gasteiger partial charge in [0, 0.05) is 23.4 Å². The van der Waals surface area contributed by atoms with Crippen molar-refractivity contribution >= 4 is 34.1 Å². The molecular formula is C21H14N4O6. The summed E-state index contributed by atoms with van der Waals surface area (Å²) >= 11 is 0. The minimum absolute atomic E-state index is 0.207. The second kappa shape index (κ2) is 7.67. The summed E-state index contributed by atoms with van der Waals surface area (Å²) in [4.78, 5) is 37.5. The van der Waals surface area contributed by atoms with Crippen molar-refractivity contribution in [2.45, 2.75) is 6.92 Å². The molecule has 0 saturated heterocycles. The number of rotatable bonds is 5. The lowest BCUT2D eigenvalue weighted by atomic mass is 10.1. The number of hydrogen-bond acceptors (Lipinski definition) is 7. The van der Waals surface area contributed by atoms with Gasteiger partial charge in [0.05, 0.1) is 21.5 Å². The molecule has 0 aliphatic carbocycles. The minimum atomic E-state index is -0.793. The Morgan fingerprint density at radius 1 is 0.968 bits per heavy atom. The number of non-ortho nitro benzene ring substituents is 2. The minimum Gasteiger partial charge on any atom is -0.436 e. The largest absolute Gasteiger partial charge is 0.436 e. The van der Waals surface area contributed by atoms with Gasteiger partial charge in [-0.05, 0) is 36.8 Å². The van der Waals surface area contributed by atoms with E-state index >= 15 is 0 Å². The fourth-order valence-corrected chi connectivity index (χ4v) is 3.07. The van der Waals surface area contributed by atoms with Crippen LogP contribution >= 0.6 is 0 Å². The molecule has 1 heterocycles. The van der Waals surface area contributed by atoms with Crippen LogP contribution in [-0.4, -0.2) is 20.7 Å². The number of fused-ring (bicyclic) bond motifs is 1. The van der Waals surface area contributed by atoms with Crippen molar-refractivity contribution < 1.29 is 19.1 Å². The van der Waals surface area contributed by atoms with Crippen LogP contribution < -0.4 is 5.32 Å². The standard InChI is InChI=1S/C21H14N4O6/c1-12-4-2-3-5-17(12)21-23-18-10-14(6-7-19(18)31-21)22-20(26)13-8-15(24(27)28)11-16(9-13)25(29)30/h2-11H,1H3,(H,22,26). The van der Waals surface area contributed by atoms with Gasteiger partial charge in [0.2, 0.25) is 5.89 Å².